The molecule has 0 radical (unpaired) electrons. The Balaban J connectivity index is 2.24. The lowest BCUT2D eigenvalue weighted by Gasteiger charge is -2.32. The van der Waals surface area contributed by atoms with Gasteiger partial charge in [-0.15, -0.1) is 0 Å². The summed E-state index contributed by atoms with van der Waals surface area (Å²) in [6, 6.07) is 1.02. The van der Waals surface area contributed by atoms with Crippen molar-refractivity contribution in [1.29, 1.82) is 0 Å². The molecule has 1 saturated carbocycles. The SMILES string of the molecule is CC(O)CC(C)NC1CCC(NC(=O)OC(C)(C)C)CC1. The van der Waals surface area contributed by atoms with Crippen molar-refractivity contribution in [2.24, 2.45) is 0 Å². The molecule has 2 atom stereocenters. The molecule has 0 saturated heterocycles. The number of aliphatic hydroxyl groups excluding tert-OH is 1. The molecule has 1 rings (SSSR count). The third-order valence-corrected chi connectivity index (χ3v) is 3.66. The maximum Gasteiger partial charge on any atom is 0.407 e. The van der Waals surface area contributed by atoms with Crippen LogP contribution in [0.25, 0.3) is 0 Å². The van der Waals surface area contributed by atoms with Gasteiger partial charge in [0.25, 0.3) is 0 Å². The second kappa shape index (κ2) is 7.99. The Morgan fingerprint density at radius 3 is 2.19 bits per heavy atom. The molecule has 2 unspecified atom stereocenters. The van der Waals surface area contributed by atoms with Crippen LogP contribution >= 0.6 is 0 Å². The Hall–Kier alpha value is -0.810. The van der Waals surface area contributed by atoms with Gasteiger partial charge in [-0.05, 0) is 66.7 Å². The number of amides is 1. The quantitative estimate of drug-likeness (QED) is 0.730. The molecule has 0 aromatic carbocycles. The van der Waals surface area contributed by atoms with Gasteiger partial charge in [-0.25, -0.2) is 4.79 Å². The zero-order valence-electron chi connectivity index (χ0n) is 14.1. The minimum Gasteiger partial charge on any atom is -0.444 e. The van der Waals surface area contributed by atoms with Crippen LogP contribution in [0.1, 0.15) is 66.7 Å². The fraction of sp³-hybridized carbons (Fsp3) is 0.938. The number of hydrogen-bond acceptors (Lipinski definition) is 4. The summed E-state index contributed by atoms with van der Waals surface area (Å²) in [6.07, 6.45) is 4.22. The highest BCUT2D eigenvalue weighted by Crippen LogP contribution is 2.20. The average Bonchev–Trinajstić information content (AvgIpc) is 2.27. The van der Waals surface area contributed by atoms with E-state index in [2.05, 4.69) is 17.6 Å². The first-order chi connectivity index (χ1) is 9.65. The molecule has 5 heteroatoms. The lowest BCUT2D eigenvalue weighted by molar-refractivity contribution is 0.0488. The lowest BCUT2D eigenvalue weighted by Crippen LogP contribution is -2.46. The fourth-order valence-electron chi connectivity index (χ4n) is 2.86. The Kier molecular flexibility index (Phi) is 6.94. The molecule has 1 aliphatic carbocycles. The van der Waals surface area contributed by atoms with E-state index in [0.717, 1.165) is 32.1 Å². The number of alkyl carbamates (subject to hydrolysis) is 1. The third-order valence-electron chi connectivity index (χ3n) is 3.66. The maximum absolute atomic E-state index is 11.7. The first-order valence-electron chi connectivity index (χ1n) is 8.09. The van der Waals surface area contributed by atoms with Crippen LogP contribution in [0.15, 0.2) is 0 Å². The van der Waals surface area contributed by atoms with Gasteiger partial charge in [0.15, 0.2) is 0 Å². The molecule has 1 aliphatic rings. The Bertz CT molecular complexity index is 318. The topological polar surface area (TPSA) is 70.6 Å². The summed E-state index contributed by atoms with van der Waals surface area (Å²) in [5.41, 5.74) is -0.445. The van der Waals surface area contributed by atoms with Gasteiger partial charge in [0.2, 0.25) is 0 Å². The molecule has 0 spiro atoms. The summed E-state index contributed by atoms with van der Waals surface area (Å²) in [7, 11) is 0. The predicted octanol–water partition coefficient (Wildman–Crippen LogP) is 2.57. The van der Waals surface area contributed by atoms with E-state index in [1.165, 1.54) is 0 Å². The second-order valence-electron chi connectivity index (χ2n) is 7.35. The van der Waals surface area contributed by atoms with Crippen molar-refractivity contribution in [2.75, 3.05) is 0 Å². The van der Waals surface area contributed by atoms with E-state index in [1.54, 1.807) is 0 Å². The van der Waals surface area contributed by atoms with Crippen LogP contribution in [0, 0.1) is 0 Å². The maximum atomic E-state index is 11.7. The zero-order valence-corrected chi connectivity index (χ0v) is 14.1. The molecular formula is C16H32N2O3. The highest BCUT2D eigenvalue weighted by Gasteiger charge is 2.25. The van der Waals surface area contributed by atoms with Crippen LogP contribution < -0.4 is 10.6 Å². The van der Waals surface area contributed by atoms with E-state index in [9.17, 15) is 9.90 Å². The summed E-state index contributed by atoms with van der Waals surface area (Å²) < 4.78 is 5.28. The number of ether oxygens (including phenoxy) is 1. The summed E-state index contributed by atoms with van der Waals surface area (Å²) in [6.45, 7) is 9.54. The van der Waals surface area contributed by atoms with Gasteiger partial charge >= 0.3 is 6.09 Å². The number of aliphatic hydroxyl groups is 1. The highest BCUT2D eigenvalue weighted by molar-refractivity contribution is 5.68. The minimum atomic E-state index is -0.445. The molecule has 0 aromatic rings. The number of carbonyl (C=O) groups excluding carboxylic acids is 1. The van der Waals surface area contributed by atoms with Crippen molar-refractivity contribution in [1.82, 2.24) is 10.6 Å². The molecular weight excluding hydrogens is 268 g/mol. The zero-order chi connectivity index (χ0) is 16.0. The molecule has 124 valence electrons. The number of rotatable bonds is 5. The van der Waals surface area contributed by atoms with Crippen molar-refractivity contribution < 1.29 is 14.6 Å². The van der Waals surface area contributed by atoms with Crippen molar-refractivity contribution in [2.45, 2.75) is 96.6 Å². The average molecular weight is 300 g/mol. The Labute approximate surface area is 128 Å². The molecule has 1 fully saturated rings. The fourth-order valence-corrected chi connectivity index (χ4v) is 2.86. The molecule has 0 aliphatic heterocycles. The number of carbonyl (C=O) groups is 1. The summed E-state index contributed by atoms with van der Waals surface area (Å²) in [5.74, 6) is 0. The van der Waals surface area contributed by atoms with Gasteiger partial charge in [-0.3, -0.25) is 0 Å². The molecule has 0 aromatic heterocycles. The van der Waals surface area contributed by atoms with Crippen molar-refractivity contribution in [3.8, 4) is 0 Å². The van der Waals surface area contributed by atoms with E-state index < -0.39 is 5.60 Å². The van der Waals surface area contributed by atoms with Crippen LogP contribution in [0.2, 0.25) is 0 Å². The van der Waals surface area contributed by atoms with E-state index in [1.807, 2.05) is 27.7 Å². The van der Waals surface area contributed by atoms with Crippen LogP contribution in [0.5, 0.6) is 0 Å². The van der Waals surface area contributed by atoms with Gasteiger partial charge in [0, 0.05) is 18.1 Å². The van der Waals surface area contributed by atoms with Gasteiger partial charge in [0.05, 0.1) is 6.10 Å². The van der Waals surface area contributed by atoms with Crippen molar-refractivity contribution in [3.63, 3.8) is 0 Å². The Morgan fingerprint density at radius 2 is 1.71 bits per heavy atom. The smallest absolute Gasteiger partial charge is 0.407 e. The van der Waals surface area contributed by atoms with Crippen LogP contribution in [-0.2, 0) is 4.74 Å². The van der Waals surface area contributed by atoms with Crippen LogP contribution in [-0.4, -0.2) is 41.0 Å². The molecule has 21 heavy (non-hydrogen) atoms. The van der Waals surface area contributed by atoms with E-state index in [0.29, 0.717) is 12.1 Å². The first kappa shape index (κ1) is 18.2. The third kappa shape index (κ3) is 8.27. The van der Waals surface area contributed by atoms with Crippen molar-refractivity contribution in [3.05, 3.63) is 0 Å². The summed E-state index contributed by atoms with van der Waals surface area (Å²) in [4.78, 5) is 11.7. The number of hydrogen-bond donors (Lipinski definition) is 3. The number of nitrogens with one attached hydrogen (secondary N) is 2. The largest absolute Gasteiger partial charge is 0.444 e. The molecule has 1 amide bonds. The first-order valence-corrected chi connectivity index (χ1v) is 8.09. The van der Waals surface area contributed by atoms with Crippen LogP contribution in [0.3, 0.4) is 0 Å². The van der Waals surface area contributed by atoms with Gasteiger partial charge in [-0.2, -0.15) is 0 Å². The van der Waals surface area contributed by atoms with Gasteiger partial charge in [-0.1, -0.05) is 0 Å². The van der Waals surface area contributed by atoms with Gasteiger partial charge in [0.1, 0.15) is 5.60 Å². The van der Waals surface area contributed by atoms with Crippen molar-refractivity contribution >= 4 is 6.09 Å². The predicted molar refractivity (Wildman–Crippen MR) is 84.3 cm³/mol. The van der Waals surface area contributed by atoms with E-state index in [-0.39, 0.29) is 18.2 Å². The lowest BCUT2D eigenvalue weighted by atomic mass is 9.90. The normalized spacial score (nSPS) is 26.0. The standard InChI is InChI=1S/C16H32N2O3/c1-11(10-12(2)19)17-13-6-8-14(9-7-13)18-15(20)21-16(3,4)5/h11-14,17,19H,6-10H2,1-5H3,(H,18,20). The van der Waals surface area contributed by atoms with E-state index in [4.69, 9.17) is 4.74 Å². The molecule has 5 nitrogen and oxygen atoms in total. The minimum absolute atomic E-state index is 0.213. The highest BCUT2D eigenvalue weighted by atomic mass is 16.6. The van der Waals surface area contributed by atoms with E-state index >= 15 is 0 Å². The Morgan fingerprint density at radius 1 is 1.19 bits per heavy atom. The van der Waals surface area contributed by atoms with Gasteiger partial charge < -0.3 is 20.5 Å². The summed E-state index contributed by atoms with van der Waals surface area (Å²) in [5, 5.41) is 15.9. The summed E-state index contributed by atoms with van der Waals surface area (Å²) >= 11 is 0. The van der Waals surface area contributed by atoms with Crippen LogP contribution in [0.4, 0.5) is 4.79 Å². The second-order valence-corrected chi connectivity index (χ2v) is 7.35. The molecule has 0 bridgehead atoms. The molecule has 0 heterocycles. The monoisotopic (exact) mass is 300 g/mol. The molecule has 3 N–H and O–H groups in total.